The normalized spacial score (nSPS) is 31.7. The number of anilines is 1. The molecule has 3 N–H and O–H groups in total. The Balaban J connectivity index is 1.70. The SMILES string of the molecule is CC(=O)N[C@@H]1[C@@H](OCc2ccc(N([O-])O)cc2)O[C@@H]2COC(C)(C)O[C@H]2[C@H]1O. The molecule has 0 unspecified atom stereocenters. The maximum absolute atomic E-state index is 11.6. The highest BCUT2D eigenvalue weighted by atomic mass is 16.8. The van der Waals surface area contributed by atoms with Crippen molar-refractivity contribution in [1.29, 1.82) is 0 Å². The van der Waals surface area contributed by atoms with Gasteiger partial charge in [-0.3, -0.25) is 10.0 Å². The van der Waals surface area contributed by atoms with Crippen molar-refractivity contribution in [3.63, 3.8) is 0 Å². The van der Waals surface area contributed by atoms with Crippen molar-refractivity contribution in [2.24, 2.45) is 0 Å². The number of carbonyl (C=O) groups excluding carboxylic acids is 1. The van der Waals surface area contributed by atoms with E-state index in [4.69, 9.17) is 24.2 Å². The van der Waals surface area contributed by atoms with Crippen molar-refractivity contribution < 1.29 is 34.1 Å². The second kappa shape index (κ2) is 8.29. The minimum Gasteiger partial charge on any atom is -0.733 e. The van der Waals surface area contributed by atoms with Gasteiger partial charge in [-0.15, -0.1) is 0 Å². The summed E-state index contributed by atoms with van der Waals surface area (Å²) in [5.74, 6) is -1.21. The molecule has 1 aromatic carbocycles. The number of hydrogen-bond acceptors (Lipinski definition) is 9. The average Bonchev–Trinajstić information content (AvgIpc) is 2.63. The molecule has 2 aliphatic heterocycles. The van der Waals surface area contributed by atoms with Gasteiger partial charge in [0.1, 0.15) is 24.4 Å². The zero-order valence-corrected chi connectivity index (χ0v) is 15.9. The molecule has 28 heavy (non-hydrogen) atoms. The molecule has 5 atom stereocenters. The van der Waals surface area contributed by atoms with Crippen LogP contribution in [0.15, 0.2) is 24.3 Å². The second-order valence-corrected chi connectivity index (χ2v) is 7.30. The molecule has 0 saturated carbocycles. The van der Waals surface area contributed by atoms with E-state index in [2.05, 4.69) is 5.32 Å². The Morgan fingerprint density at radius 3 is 2.68 bits per heavy atom. The smallest absolute Gasteiger partial charge is 0.217 e. The van der Waals surface area contributed by atoms with E-state index in [0.717, 1.165) is 0 Å². The first-order valence-electron chi connectivity index (χ1n) is 8.95. The highest BCUT2D eigenvalue weighted by Gasteiger charge is 2.51. The fourth-order valence-electron chi connectivity index (χ4n) is 3.27. The van der Waals surface area contributed by atoms with Crippen LogP contribution >= 0.6 is 0 Å². The fraction of sp³-hybridized carbons (Fsp3) is 0.611. The minimum absolute atomic E-state index is 0.0890. The molecule has 10 nitrogen and oxygen atoms in total. The van der Waals surface area contributed by atoms with Crippen LogP contribution in [0.1, 0.15) is 26.3 Å². The number of nitrogens with one attached hydrogen (secondary N) is 1. The van der Waals surface area contributed by atoms with E-state index in [1.807, 2.05) is 0 Å². The number of hydrogen-bond donors (Lipinski definition) is 3. The lowest BCUT2D eigenvalue weighted by Crippen LogP contribution is -2.68. The van der Waals surface area contributed by atoms with E-state index in [0.29, 0.717) is 5.56 Å². The molecule has 1 aromatic rings. The van der Waals surface area contributed by atoms with Crippen LogP contribution in [0.3, 0.4) is 0 Å². The summed E-state index contributed by atoms with van der Waals surface area (Å²) < 4.78 is 23.1. The molecule has 0 aromatic heterocycles. The maximum atomic E-state index is 11.6. The van der Waals surface area contributed by atoms with Crippen LogP contribution in [0.25, 0.3) is 0 Å². The van der Waals surface area contributed by atoms with Gasteiger partial charge in [-0.2, -0.15) is 0 Å². The highest BCUT2D eigenvalue weighted by molar-refractivity contribution is 5.73. The largest absolute Gasteiger partial charge is 0.733 e. The van der Waals surface area contributed by atoms with Crippen molar-refractivity contribution in [1.82, 2.24) is 5.32 Å². The quantitative estimate of drug-likeness (QED) is 0.612. The first-order chi connectivity index (χ1) is 13.2. The minimum atomic E-state index is -1.05. The third kappa shape index (κ3) is 4.78. The van der Waals surface area contributed by atoms with E-state index in [9.17, 15) is 15.1 Å². The number of amides is 1. The van der Waals surface area contributed by atoms with Crippen molar-refractivity contribution in [3.8, 4) is 0 Å². The van der Waals surface area contributed by atoms with Gasteiger partial charge < -0.3 is 39.8 Å². The zero-order valence-electron chi connectivity index (χ0n) is 15.9. The molecule has 3 rings (SSSR count). The Bertz CT molecular complexity index is 681. The van der Waals surface area contributed by atoms with Gasteiger partial charge in [0.15, 0.2) is 12.1 Å². The molecule has 2 aliphatic rings. The lowest BCUT2D eigenvalue weighted by atomic mass is 9.95. The van der Waals surface area contributed by atoms with Gasteiger partial charge in [-0.1, -0.05) is 12.1 Å². The average molecular weight is 397 g/mol. The Morgan fingerprint density at radius 2 is 2.07 bits per heavy atom. The zero-order chi connectivity index (χ0) is 20.5. The Morgan fingerprint density at radius 1 is 1.39 bits per heavy atom. The van der Waals surface area contributed by atoms with Crippen LogP contribution < -0.4 is 10.5 Å². The van der Waals surface area contributed by atoms with Crippen molar-refractivity contribution in [2.45, 2.75) is 63.8 Å². The van der Waals surface area contributed by atoms with Crippen LogP contribution in [0.2, 0.25) is 0 Å². The molecule has 2 fully saturated rings. The van der Waals surface area contributed by atoms with Crippen LogP contribution in [0.4, 0.5) is 5.69 Å². The van der Waals surface area contributed by atoms with Crippen LogP contribution in [0, 0.1) is 5.21 Å². The van der Waals surface area contributed by atoms with Gasteiger partial charge in [0.05, 0.1) is 18.9 Å². The van der Waals surface area contributed by atoms with E-state index in [1.54, 1.807) is 26.0 Å². The van der Waals surface area contributed by atoms with Crippen molar-refractivity contribution in [3.05, 3.63) is 35.0 Å². The third-order valence-electron chi connectivity index (χ3n) is 4.63. The molecular formula is C18H25N2O8-. The summed E-state index contributed by atoms with van der Waals surface area (Å²) in [6.07, 6.45) is -3.21. The number of nitrogens with zero attached hydrogens (tertiary/aromatic N) is 1. The molecule has 0 radical (unpaired) electrons. The number of rotatable bonds is 5. The molecule has 0 aliphatic carbocycles. The molecule has 10 heteroatoms. The van der Waals surface area contributed by atoms with E-state index in [1.165, 1.54) is 19.1 Å². The second-order valence-electron chi connectivity index (χ2n) is 7.30. The summed E-state index contributed by atoms with van der Waals surface area (Å²) in [7, 11) is 0. The lowest BCUT2D eigenvalue weighted by molar-refractivity contribution is -0.369. The number of fused-ring (bicyclic) bond motifs is 1. The van der Waals surface area contributed by atoms with Crippen molar-refractivity contribution >= 4 is 11.6 Å². The molecular weight excluding hydrogens is 372 g/mol. The van der Waals surface area contributed by atoms with Gasteiger partial charge in [0.25, 0.3) is 0 Å². The molecule has 156 valence electrons. The summed E-state index contributed by atoms with van der Waals surface area (Å²) in [6, 6.07) is 5.27. The van der Waals surface area contributed by atoms with Gasteiger partial charge in [0.2, 0.25) is 5.91 Å². The number of aliphatic hydroxyl groups is 1. The summed E-state index contributed by atoms with van der Waals surface area (Å²) in [4.78, 5) is 11.6. The topological polar surface area (TPSA) is 133 Å². The Kier molecular flexibility index (Phi) is 6.20. The number of benzene rings is 1. The molecule has 1 amide bonds. The molecule has 0 bridgehead atoms. The van der Waals surface area contributed by atoms with Gasteiger partial charge in [-0.05, 0) is 31.5 Å². The Labute approximate surface area is 162 Å². The first kappa shape index (κ1) is 20.9. The highest BCUT2D eigenvalue weighted by Crippen LogP contribution is 2.33. The summed E-state index contributed by atoms with van der Waals surface area (Å²) >= 11 is 0. The predicted molar refractivity (Wildman–Crippen MR) is 96.0 cm³/mol. The van der Waals surface area contributed by atoms with Gasteiger partial charge in [-0.25, -0.2) is 0 Å². The third-order valence-corrected chi connectivity index (χ3v) is 4.63. The maximum Gasteiger partial charge on any atom is 0.217 e. The van der Waals surface area contributed by atoms with Crippen LogP contribution in [0.5, 0.6) is 0 Å². The standard InChI is InChI=1S/C18H25N2O8/c1-10(21)19-14-15(22)16-13(9-26-18(2,3)28-16)27-17(14)25-8-11-4-6-12(7-5-11)20(23)24/h4-7,13-17,22-23H,8-9H2,1-3H3,(H,19,21)/q-1/t13-,14+,15+,16-,17+/m1/s1. The number of carbonyl (C=O) groups is 1. The predicted octanol–water partition coefficient (Wildman–Crippen LogP) is 0.639. The molecule has 2 heterocycles. The van der Waals surface area contributed by atoms with Gasteiger partial charge >= 0.3 is 0 Å². The molecule has 0 spiro atoms. The summed E-state index contributed by atoms with van der Waals surface area (Å²) in [5.41, 5.74) is 0.802. The monoisotopic (exact) mass is 397 g/mol. The van der Waals surface area contributed by atoms with Crippen LogP contribution in [-0.2, 0) is 30.3 Å². The lowest BCUT2D eigenvalue weighted by Gasteiger charge is -2.49. The summed E-state index contributed by atoms with van der Waals surface area (Å²) in [6.45, 7) is 5.14. The number of ether oxygens (including phenoxy) is 4. The van der Waals surface area contributed by atoms with Gasteiger partial charge in [0, 0.05) is 6.92 Å². The first-order valence-corrected chi connectivity index (χ1v) is 8.95. The van der Waals surface area contributed by atoms with Crippen molar-refractivity contribution in [2.75, 3.05) is 11.8 Å². The van der Waals surface area contributed by atoms with E-state index < -0.39 is 36.4 Å². The molecule has 2 saturated heterocycles. The summed E-state index contributed by atoms with van der Waals surface area (Å²) in [5, 5.41) is 32.9. The van der Waals surface area contributed by atoms with E-state index in [-0.39, 0.29) is 30.0 Å². The number of aliphatic hydroxyl groups excluding tert-OH is 1. The van der Waals surface area contributed by atoms with Crippen LogP contribution in [-0.4, -0.2) is 59.3 Å². The van der Waals surface area contributed by atoms with E-state index >= 15 is 0 Å². The Hall–Kier alpha value is -1.79. The fourth-order valence-corrected chi connectivity index (χ4v) is 3.27.